The molecule has 156 valence electrons. The second-order valence-electron chi connectivity index (χ2n) is 7.79. The van der Waals surface area contributed by atoms with Gasteiger partial charge >= 0.3 is 0 Å². The summed E-state index contributed by atoms with van der Waals surface area (Å²) in [6.07, 6.45) is 3.27. The minimum absolute atomic E-state index is 0.0127. The summed E-state index contributed by atoms with van der Waals surface area (Å²) in [6.45, 7) is 5.54. The van der Waals surface area contributed by atoms with Crippen LogP contribution in [-0.4, -0.2) is 61.8 Å². The van der Waals surface area contributed by atoms with Gasteiger partial charge in [0.25, 0.3) is 5.91 Å². The highest BCUT2D eigenvalue weighted by atomic mass is 32.1. The highest BCUT2D eigenvalue weighted by molar-refractivity contribution is 7.15. The maximum absolute atomic E-state index is 12.6. The number of piperidine rings is 1. The number of rotatable bonds is 8. The third-order valence-electron chi connectivity index (χ3n) is 5.63. The largest absolute Gasteiger partial charge is 0.497 e. The molecule has 0 saturated carbocycles. The summed E-state index contributed by atoms with van der Waals surface area (Å²) in [7, 11) is 3.56. The predicted molar refractivity (Wildman–Crippen MR) is 117 cm³/mol. The number of likely N-dealkylation sites (tertiary alicyclic amines) is 1. The molecule has 3 rings (SSSR count). The molecular weight excluding hydrogens is 384 g/mol. The standard InChI is InChI=1S/C23H30N2O3S/c1-17(26)21-8-9-22(29-21)23(27)24(2)16-19-11-14-25(15-12-19)13-10-18-4-6-20(28-3)7-5-18/h4-9,19H,10-16H2,1-3H3. The van der Waals surface area contributed by atoms with Crippen LogP contribution >= 0.6 is 11.3 Å². The van der Waals surface area contributed by atoms with Crippen molar-refractivity contribution in [2.24, 2.45) is 5.92 Å². The van der Waals surface area contributed by atoms with Gasteiger partial charge in [-0.2, -0.15) is 0 Å². The molecule has 0 spiro atoms. The van der Waals surface area contributed by atoms with Gasteiger partial charge in [-0.15, -0.1) is 11.3 Å². The summed E-state index contributed by atoms with van der Waals surface area (Å²) in [5.74, 6) is 1.46. The first-order valence-corrected chi connectivity index (χ1v) is 11.0. The van der Waals surface area contributed by atoms with Gasteiger partial charge in [-0.1, -0.05) is 12.1 Å². The molecule has 2 heterocycles. The zero-order valence-corrected chi connectivity index (χ0v) is 18.3. The fourth-order valence-electron chi connectivity index (χ4n) is 3.77. The lowest BCUT2D eigenvalue weighted by Crippen LogP contribution is -2.40. The molecule has 1 aliphatic rings. The quantitative estimate of drug-likeness (QED) is 0.613. The number of hydrogen-bond acceptors (Lipinski definition) is 5. The van der Waals surface area contributed by atoms with Gasteiger partial charge in [0.05, 0.1) is 16.9 Å². The SMILES string of the molecule is COc1ccc(CCN2CCC(CN(C)C(=O)c3ccc(C(C)=O)s3)CC2)cc1. The molecule has 1 saturated heterocycles. The Morgan fingerprint density at radius 2 is 1.76 bits per heavy atom. The van der Waals surface area contributed by atoms with Crippen molar-refractivity contribution in [3.63, 3.8) is 0 Å². The zero-order chi connectivity index (χ0) is 20.8. The Hall–Kier alpha value is -2.18. The smallest absolute Gasteiger partial charge is 0.263 e. The lowest BCUT2D eigenvalue weighted by atomic mass is 9.96. The fraction of sp³-hybridized carbons (Fsp3) is 0.478. The lowest BCUT2D eigenvalue weighted by Gasteiger charge is -2.33. The minimum Gasteiger partial charge on any atom is -0.497 e. The van der Waals surface area contributed by atoms with Gasteiger partial charge in [0.15, 0.2) is 5.78 Å². The highest BCUT2D eigenvalue weighted by Gasteiger charge is 2.23. The van der Waals surface area contributed by atoms with Crippen LogP contribution in [-0.2, 0) is 6.42 Å². The molecule has 0 aliphatic carbocycles. The predicted octanol–water partition coefficient (Wildman–Crippen LogP) is 3.99. The van der Waals surface area contributed by atoms with E-state index in [4.69, 9.17) is 4.74 Å². The van der Waals surface area contributed by atoms with E-state index in [0.717, 1.165) is 51.2 Å². The average Bonchev–Trinajstić information content (AvgIpc) is 3.23. The minimum atomic E-state index is 0.0127. The van der Waals surface area contributed by atoms with Gasteiger partial charge in [0, 0.05) is 20.1 Å². The van der Waals surface area contributed by atoms with Crippen molar-refractivity contribution in [2.45, 2.75) is 26.2 Å². The van der Waals surface area contributed by atoms with Crippen molar-refractivity contribution in [1.82, 2.24) is 9.80 Å². The normalized spacial score (nSPS) is 15.3. The molecule has 1 fully saturated rings. The molecule has 1 aromatic carbocycles. The first-order valence-electron chi connectivity index (χ1n) is 10.2. The number of methoxy groups -OCH3 is 1. The summed E-state index contributed by atoms with van der Waals surface area (Å²) >= 11 is 1.29. The maximum Gasteiger partial charge on any atom is 0.263 e. The Morgan fingerprint density at radius 1 is 1.10 bits per heavy atom. The van der Waals surface area contributed by atoms with E-state index < -0.39 is 0 Å². The van der Waals surface area contributed by atoms with Crippen LogP contribution in [0.25, 0.3) is 0 Å². The Labute approximate surface area is 177 Å². The van der Waals surface area contributed by atoms with Crippen LogP contribution in [0.15, 0.2) is 36.4 Å². The molecule has 6 heteroatoms. The number of nitrogens with zero attached hydrogens (tertiary/aromatic N) is 2. The van der Waals surface area contributed by atoms with Gasteiger partial charge in [0.2, 0.25) is 0 Å². The lowest BCUT2D eigenvalue weighted by molar-refractivity contribution is 0.0745. The second-order valence-corrected chi connectivity index (χ2v) is 8.87. The van der Waals surface area contributed by atoms with Crippen LogP contribution in [0.1, 0.15) is 44.7 Å². The summed E-state index contributed by atoms with van der Waals surface area (Å²) in [5, 5.41) is 0. The van der Waals surface area contributed by atoms with Crippen LogP contribution in [0, 0.1) is 5.92 Å². The Balaban J connectivity index is 1.41. The molecule has 1 amide bonds. The van der Waals surface area contributed by atoms with Crippen molar-refractivity contribution in [2.75, 3.05) is 40.3 Å². The van der Waals surface area contributed by atoms with E-state index >= 15 is 0 Å². The molecule has 2 aromatic rings. The number of carbonyl (C=O) groups is 2. The molecule has 5 nitrogen and oxygen atoms in total. The summed E-state index contributed by atoms with van der Waals surface area (Å²) in [5.41, 5.74) is 1.33. The second kappa shape index (κ2) is 10.0. The Morgan fingerprint density at radius 3 is 2.34 bits per heavy atom. The van der Waals surface area contributed by atoms with Crippen LogP contribution < -0.4 is 4.74 Å². The third-order valence-corrected chi connectivity index (χ3v) is 6.80. The maximum atomic E-state index is 12.6. The van der Waals surface area contributed by atoms with Crippen molar-refractivity contribution in [3.05, 3.63) is 51.7 Å². The van der Waals surface area contributed by atoms with Crippen molar-refractivity contribution >= 4 is 23.0 Å². The van der Waals surface area contributed by atoms with Gasteiger partial charge in [0.1, 0.15) is 5.75 Å². The number of benzene rings is 1. The molecule has 0 radical (unpaired) electrons. The van der Waals surface area contributed by atoms with Crippen molar-refractivity contribution in [3.8, 4) is 5.75 Å². The molecule has 29 heavy (non-hydrogen) atoms. The zero-order valence-electron chi connectivity index (χ0n) is 17.5. The number of amides is 1. The number of hydrogen-bond donors (Lipinski definition) is 0. The van der Waals surface area contributed by atoms with Crippen molar-refractivity contribution in [1.29, 1.82) is 0 Å². The van der Waals surface area contributed by atoms with Crippen molar-refractivity contribution < 1.29 is 14.3 Å². The van der Waals surface area contributed by atoms with E-state index in [2.05, 4.69) is 17.0 Å². The van der Waals surface area contributed by atoms with E-state index in [1.165, 1.54) is 23.8 Å². The van der Waals surface area contributed by atoms with Crippen LogP contribution in [0.5, 0.6) is 5.75 Å². The number of thiophene rings is 1. The fourth-order valence-corrected chi connectivity index (χ4v) is 4.67. The molecule has 0 unspecified atom stereocenters. The number of ether oxygens (including phenoxy) is 1. The topological polar surface area (TPSA) is 49.9 Å². The molecule has 1 aliphatic heterocycles. The van der Waals surface area contributed by atoms with E-state index in [-0.39, 0.29) is 11.7 Å². The number of Topliss-reactive ketones (excluding diaryl/α,β-unsaturated/α-hetero) is 1. The first-order chi connectivity index (χ1) is 14.0. The molecule has 0 N–H and O–H groups in total. The van der Waals surface area contributed by atoms with E-state index in [0.29, 0.717) is 15.7 Å². The van der Waals surface area contributed by atoms with Gasteiger partial charge < -0.3 is 14.5 Å². The molecule has 0 bridgehead atoms. The molecule has 0 atom stereocenters. The number of ketones is 1. The van der Waals surface area contributed by atoms with Gasteiger partial charge in [-0.05, 0) is 75.0 Å². The van der Waals surface area contributed by atoms with Crippen LogP contribution in [0.4, 0.5) is 0 Å². The number of carbonyl (C=O) groups excluding carboxylic acids is 2. The van der Waals surface area contributed by atoms with E-state index in [1.54, 1.807) is 19.2 Å². The first kappa shape index (κ1) is 21.5. The average molecular weight is 415 g/mol. The summed E-state index contributed by atoms with van der Waals surface area (Å²) < 4.78 is 5.21. The van der Waals surface area contributed by atoms with Crippen LogP contribution in [0.2, 0.25) is 0 Å². The molecule has 1 aromatic heterocycles. The Bertz CT molecular complexity index is 823. The van der Waals surface area contributed by atoms with E-state index in [1.807, 2.05) is 24.1 Å². The highest BCUT2D eigenvalue weighted by Crippen LogP contribution is 2.22. The van der Waals surface area contributed by atoms with Crippen LogP contribution in [0.3, 0.4) is 0 Å². The third kappa shape index (κ3) is 5.90. The Kier molecular flexibility index (Phi) is 7.45. The summed E-state index contributed by atoms with van der Waals surface area (Å²) in [4.78, 5) is 29.7. The van der Waals surface area contributed by atoms with Gasteiger partial charge in [-0.25, -0.2) is 0 Å². The summed E-state index contributed by atoms with van der Waals surface area (Å²) in [6, 6.07) is 11.8. The monoisotopic (exact) mass is 414 g/mol. The molecular formula is C23H30N2O3S. The van der Waals surface area contributed by atoms with E-state index in [9.17, 15) is 9.59 Å². The van der Waals surface area contributed by atoms with Gasteiger partial charge in [-0.3, -0.25) is 9.59 Å².